The van der Waals surface area contributed by atoms with E-state index < -0.39 is 0 Å². The molecule has 3 aromatic rings. The number of para-hydroxylation sites is 1. The van der Waals surface area contributed by atoms with E-state index in [1.165, 1.54) is 5.69 Å². The fourth-order valence-corrected chi connectivity index (χ4v) is 5.73. The summed E-state index contributed by atoms with van der Waals surface area (Å²) < 4.78 is 0. The second-order valence-electron chi connectivity index (χ2n) is 8.67. The van der Waals surface area contributed by atoms with Gasteiger partial charge < -0.3 is 20.4 Å². The number of nitrogens with zero attached hydrogens (tertiary/aromatic N) is 2. The van der Waals surface area contributed by atoms with Crippen molar-refractivity contribution < 1.29 is 9.59 Å². The molecule has 2 heterocycles. The maximum atomic E-state index is 13.1. The van der Waals surface area contributed by atoms with Gasteiger partial charge in [0.1, 0.15) is 6.04 Å². The molecule has 2 N–H and O–H groups in total. The minimum absolute atomic E-state index is 0.00724. The lowest BCUT2D eigenvalue weighted by Gasteiger charge is -2.36. The lowest BCUT2D eigenvalue weighted by atomic mass is 10.1. The molecule has 3 aromatic carbocycles. The standard InChI is InChI=1S/C27H27ClN4O2S/c28-22-9-5-4-6-20(22)17-35-18-25-26(33)30-24-16-19(10-11-23(24)29-25)27(34)32-14-12-31(13-15-32)21-7-2-1-3-8-21/h1-11,16,25,29H,12-15,17-18H2,(H,30,33). The summed E-state index contributed by atoms with van der Waals surface area (Å²) in [6.07, 6.45) is 0. The number of hydrogen-bond acceptors (Lipinski definition) is 5. The van der Waals surface area contributed by atoms with Crippen molar-refractivity contribution in [3.8, 4) is 0 Å². The van der Waals surface area contributed by atoms with Crippen LogP contribution in [0.2, 0.25) is 5.02 Å². The average molecular weight is 507 g/mol. The van der Waals surface area contributed by atoms with Crippen molar-refractivity contribution in [2.75, 3.05) is 47.5 Å². The second kappa shape index (κ2) is 10.6. The Balaban J connectivity index is 1.17. The van der Waals surface area contributed by atoms with Gasteiger partial charge in [-0.2, -0.15) is 11.8 Å². The molecule has 8 heteroatoms. The Bertz CT molecular complexity index is 1210. The van der Waals surface area contributed by atoms with Crippen LogP contribution in [0.3, 0.4) is 0 Å². The Morgan fingerprint density at radius 2 is 1.69 bits per heavy atom. The number of nitrogens with one attached hydrogen (secondary N) is 2. The van der Waals surface area contributed by atoms with Gasteiger partial charge in [-0.15, -0.1) is 0 Å². The first-order valence-electron chi connectivity index (χ1n) is 11.7. The molecule has 5 rings (SSSR count). The highest BCUT2D eigenvalue weighted by Crippen LogP contribution is 2.30. The van der Waals surface area contributed by atoms with Crippen LogP contribution in [0.5, 0.6) is 0 Å². The molecule has 0 bridgehead atoms. The van der Waals surface area contributed by atoms with Crippen LogP contribution in [0.4, 0.5) is 17.1 Å². The van der Waals surface area contributed by atoms with Crippen LogP contribution in [-0.2, 0) is 10.5 Å². The smallest absolute Gasteiger partial charge is 0.254 e. The molecule has 2 aliphatic heterocycles. The van der Waals surface area contributed by atoms with E-state index >= 15 is 0 Å². The van der Waals surface area contributed by atoms with Crippen molar-refractivity contribution >= 4 is 52.2 Å². The summed E-state index contributed by atoms with van der Waals surface area (Å²) >= 11 is 7.89. The molecule has 2 amide bonds. The molecule has 0 aromatic heterocycles. The van der Waals surface area contributed by atoms with Crippen molar-refractivity contribution in [1.29, 1.82) is 0 Å². The zero-order valence-electron chi connectivity index (χ0n) is 19.2. The van der Waals surface area contributed by atoms with E-state index in [-0.39, 0.29) is 17.9 Å². The topological polar surface area (TPSA) is 64.7 Å². The molecular formula is C27H27ClN4O2S. The van der Waals surface area contributed by atoms with E-state index in [0.717, 1.165) is 35.1 Å². The van der Waals surface area contributed by atoms with Gasteiger partial charge in [0.25, 0.3) is 5.91 Å². The summed E-state index contributed by atoms with van der Waals surface area (Å²) in [6, 6.07) is 23.2. The predicted octanol–water partition coefficient (Wildman–Crippen LogP) is 4.97. The molecular weight excluding hydrogens is 480 g/mol. The second-order valence-corrected chi connectivity index (χ2v) is 10.1. The lowest BCUT2D eigenvalue weighted by Crippen LogP contribution is -2.48. The zero-order valence-corrected chi connectivity index (χ0v) is 20.8. The number of hydrogen-bond donors (Lipinski definition) is 2. The molecule has 0 radical (unpaired) electrons. The number of rotatable bonds is 6. The van der Waals surface area contributed by atoms with Crippen LogP contribution in [0, 0.1) is 0 Å². The number of fused-ring (bicyclic) bond motifs is 1. The maximum Gasteiger partial charge on any atom is 0.254 e. The molecule has 35 heavy (non-hydrogen) atoms. The minimum Gasteiger partial charge on any atom is -0.371 e. The third-order valence-electron chi connectivity index (χ3n) is 6.36. The quantitative estimate of drug-likeness (QED) is 0.494. The van der Waals surface area contributed by atoms with Crippen LogP contribution in [0.1, 0.15) is 15.9 Å². The van der Waals surface area contributed by atoms with Crippen molar-refractivity contribution in [3.05, 3.63) is 88.9 Å². The number of benzene rings is 3. The van der Waals surface area contributed by atoms with Gasteiger partial charge in [-0.3, -0.25) is 9.59 Å². The van der Waals surface area contributed by atoms with E-state index in [4.69, 9.17) is 11.6 Å². The molecule has 2 aliphatic rings. The van der Waals surface area contributed by atoms with Crippen molar-refractivity contribution in [2.45, 2.75) is 11.8 Å². The molecule has 1 saturated heterocycles. The number of carbonyl (C=O) groups excluding carboxylic acids is 2. The molecule has 0 saturated carbocycles. The molecule has 1 unspecified atom stereocenters. The van der Waals surface area contributed by atoms with Crippen LogP contribution >= 0.6 is 23.4 Å². The lowest BCUT2D eigenvalue weighted by molar-refractivity contribution is -0.116. The van der Waals surface area contributed by atoms with Crippen LogP contribution in [-0.4, -0.2) is 54.7 Å². The van der Waals surface area contributed by atoms with Gasteiger partial charge in [-0.05, 0) is 42.0 Å². The highest BCUT2D eigenvalue weighted by atomic mass is 35.5. The predicted molar refractivity (Wildman–Crippen MR) is 145 cm³/mol. The summed E-state index contributed by atoms with van der Waals surface area (Å²) in [5.74, 6) is 1.25. The van der Waals surface area contributed by atoms with Gasteiger partial charge in [0, 0.05) is 54.0 Å². The Kier molecular flexibility index (Phi) is 7.16. The van der Waals surface area contributed by atoms with Gasteiger partial charge >= 0.3 is 0 Å². The normalized spacial score (nSPS) is 17.4. The largest absolute Gasteiger partial charge is 0.371 e. The monoisotopic (exact) mass is 506 g/mol. The molecule has 0 spiro atoms. The van der Waals surface area contributed by atoms with Gasteiger partial charge in [0.2, 0.25) is 5.91 Å². The Labute approximate surface area is 214 Å². The summed E-state index contributed by atoms with van der Waals surface area (Å²) in [6.45, 7) is 2.93. The number of amides is 2. The van der Waals surface area contributed by atoms with E-state index in [2.05, 4.69) is 27.7 Å². The summed E-state index contributed by atoms with van der Waals surface area (Å²) in [5.41, 5.74) is 4.31. The first-order chi connectivity index (χ1) is 17.1. The maximum absolute atomic E-state index is 13.1. The van der Waals surface area contributed by atoms with E-state index in [1.54, 1.807) is 17.8 Å². The highest BCUT2D eigenvalue weighted by molar-refractivity contribution is 7.98. The summed E-state index contributed by atoms with van der Waals surface area (Å²) in [7, 11) is 0. The summed E-state index contributed by atoms with van der Waals surface area (Å²) in [4.78, 5) is 30.0. The highest BCUT2D eigenvalue weighted by Gasteiger charge is 2.28. The molecule has 0 aliphatic carbocycles. The number of carbonyl (C=O) groups is 2. The van der Waals surface area contributed by atoms with Crippen molar-refractivity contribution in [3.63, 3.8) is 0 Å². The minimum atomic E-state index is -0.345. The molecule has 180 valence electrons. The van der Waals surface area contributed by atoms with E-state index in [1.807, 2.05) is 59.5 Å². The van der Waals surface area contributed by atoms with Crippen LogP contribution in [0.15, 0.2) is 72.8 Å². The number of thioether (sulfide) groups is 1. The first-order valence-corrected chi connectivity index (χ1v) is 13.2. The van der Waals surface area contributed by atoms with E-state index in [0.29, 0.717) is 30.1 Å². The number of halogens is 1. The molecule has 1 atom stereocenters. The Morgan fingerprint density at radius 1 is 0.943 bits per heavy atom. The Morgan fingerprint density at radius 3 is 2.46 bits per heavy atom. The third kappa shape index (κ3) is 5.41. The van der Waals surface area contributed by atoms with Crippen molar-refractivity contribution in [2.24, 2.45) is 0 Å². The fourth-order valence-electron chi connectivity index (χ4n) is 4.39. The van der Waals surface area contributed by atoms with Gasteiger partial charge in [0.15, 0.2) is 0 Å². The molecule has 1 fully saturated rings. The SMILES string of the molecule is O=C1Nc2cc(C(=O)N3CCN(c4ccccc4)CC3)ccc2NC1CSCc1ccccc1Cl. The number of anilines is 3. The van der Waals surface area contributed by atoms with Gasteiger partial charge in [0.05, 0.1) is 11.4 Å². The summed E-state index contributed by atoms with van der Waals surface area (Å²) in [5, 5.41) is 7.04. The van der Waals surface area contributed by atoms with Crippen molar-refractivity contribution in [1.82, 2.24) is 4.90 Å². The van der Waals surface area contributed by atoms with Crippen LogP contribution < -0.4 is 15.5 Å². The first kappa shape index (κ1) is 23.6. The van der Waals surface area contributed by atoms with Gasteiger partial charge in [-0.25, -0.2) is 0 Å². The molecule has 6 nitrogen and oxygen atoms in total. The van der Waals surface area contributed by atoms with E-state index in [9.17, 15) is 9.59 Å². The average Bonchev–Trinajstić information content (AvgIpc) is 2.90. The fraction of sp³-hybridized carbons (Fsp3) is 0.259. The zero-order chi connectivity index (χ0) is 24.2. The van der Waals surface area contributed by atoms with Crippen LogP contribution in [0.25, 0.3) is 0 Å². The van der Waals surface area contributed by atoms with Gasteiger partial charge in [-0.1, -0.05) is 48.0 Å². The Hall–Kier alpha value is -3.16. The number of piperazine rings is 1. The third-order valence-corrected chi connectivity index (χ3v) is 7.81.